The van der Waals surface area contributed by atoms with Crippen molar-refractivity contribution in [3.8, 4) is 0 Å². The number of hydrogen-bond acceptors (Lipinski definition) is 2. The molecular weight excluding hydrogens is 259 g/mol. The highest BCUT2D eigenvalue weighted by atomic mass is 79.9. The molecule has 0 radical (unpaired) electrons. The monoisotopic (exact) mass is 274 g/mol. The molecular formula is C11H16BrFN2. The molecule has 0 aliphatic rings. The topological polar surface area (TPSA) is 38.0 Å². The highest BCUT2D eigenvalue weighted by Gasteiger charge is 2.15. The van der Waals surface area contributed by atoms with Crippen LogP contribution in [0, 0.1) is 5.82 Å². The lowest BCUT2D eigenvalue weighted by Crippen LogP contribution is -2.28. The fourth-order valence-corrected chi connectivity index (χ4v) is 1.91. The summed E-state index contributed by atoms with van der Waals surface area (Å²) in [5.74, 6) is 5.21. The zero-order chi connectivity index (χ0) is 11.3. The average molecular weight is 275 g/mol. The van der Waals surface area contributed by atoms with Crippen molar-refractivity contribution in [2.45, 2.75) is 32.2 Å². The normalized spacial score (nSPS) is 12.8. The summed E-state index contributed by atoms with van der Waals surface area (Å²) in [7, 11) is 0. The smallest absolute Gasteiger partial charge is 0.142 e. The molecule has 0 saturated carbocycles. The molecule has 0 amide bonds. The Labute approximate surface area is 98.1 Å². The Morgan fingerprint density at radius 1 is 1.53 bits per heavy atom. The van der Waals surface area contributed by atoms with Gasteiger partial charge in [0.05, 0.1) is 4.47 Å². The highest BCUT2D eigenvalue weighted by Crippen LogP contribution is 2.26. The molecule has 15 heavy (non-hydrogen) atoms. The van der Waals surface area contributed by atoms with Crippen LogP contribution in [0.25, 0.3) is 0 Å². The Balaban J connectivity index is 2.86. The lowest BCUT2D eigenvalue weighted by molar-refractivity contribution is 0.468. The van der Waals surface area contributed by atoms with Crippen LogP contribution in [-0.2, 0) is 0 Å². The van der Waals surface area contributed by atoms with E-state index in [1.807, 2.05) is 6.07 Å². The minimum absolute atomic E-state index is 0.109. The van der Waals surface area contributed by atoms with Gasteiger partial charge in [0.1, 0.15) is 5.82 Å². The summed E-state index contributed by atoms with van der Waals surface area (Å²) >= 11 is 3.17. The van der Waals surface area contributed by atoms with Crippen molar-refractivity contribution >= 4 is 15.9 Å². The second-order valence-electron chi connectivity index (χ2n) is 3.50. The van der Waals surface area contributed by atoms with Crippen molar-refractivity contribution in [2.24, 2.45) is 5.84 Å². The molecule has 0 aromatic heterocycles. The first kappa shape index (κ1) is 12.6. The molecule has 0 spiro atoms. The van der Waals surface area contributed by atoms with Gasteiger partial charge in [-0.15, -0.1) is 0 Å². The number of halogens is 2. The molecule has 4 heteroatoms. The summed E-state index contributed by atoms with van der Waals surface area (Å²) in [5, 5.41) is 0. The first-order chi connectivity index (χ1) is 7.20. The largest absolute Gasteiger partial charge is 0.271 e. The van der Waals surface area contributed by atoms with E-state index in [4.69, 9.17) is 5.84 Å². The van der Waals surface area contributed by atoms with Gasteiger partial charge in [-0.25, -0.2) is 4.39 Å². The van der Waals surface area contributed by atoms with Gasteiger partial charge < -0.3 is 0 Å². The van der Waals surface area contributed by atoms with Crippen molar-refractivity contribution in [3.05, 3.63) is 34.1 Å². The molecule has 0 aliphatic heterocycles. The van der Waals surface area contributed by atoms with E-state index in [0.717, 1.165) is 19.3 Å². The standard InChI is InChI=1S/C11H16BrFN2/c1-2-3-7-10(15-14)8-5-4-6-9(12)11(8)13/h4-6,10,15H,2-3,7,14H2,1H3. The van der Waals surface area contributed by atoms with Gasteiger partial charge in [0, 0.05) is 11.6 Å². The number of unbranched alkanes of at least 4 members (excludes halogenated alkanes) is 1. The maximum atomic E-state index is 13.7. The molecule has 0 bridgehead atoms. The van der Waals surface area contributed by atoms with E-state index in [2.05, 4.69) is 28.3 Å². The first-order valence-corrected chi connectivity index (χ1v) is 5.90. The summed E-state index contributed by atoms with van der Waals surface area (Å²) < 4.78 is 14.2. The molecule has 1 atom stereocenters. The molecule has 1 unspecified atom stereocenters. The first-order valence-electron chi connectivity index (χ1n) is 5.10. The molecule has 1 aromatic carbocycles. The average Bonchev–Trinajstić information content (AvgIpc) is 2.25. The van der Waals surface area contributed by atoms with Gasteiger partial charge in [-0.3, -0.25) is 11.3 Å². The summed E-state index contributed by atoms with van der Waals surface area (Å²) in [6.45, 7) is 2.10. The third kappa shape index (κ3) is 3.26. The SMILES string of the molecule is CCCCC(NN)c1cccc(Br)c1F. The highest BCUT2D eigenvalue weighted by molar-refractivity contribution is 9.10. The molecule has 84 valence electrons. The summed E-state index contributed by atoms with van der Waals surface area (Å²) in [4.78, 5) is 0. The summed E-state index contributed by atoms with van der Waals surface area (Å²) in [6.07, 6.45) is 2.95. The second kappa shape index (κ2) is 6.20. The number of benzene rings is 1. The van der Waals surface area contributed by atoms with Crippen molar-refractivity contribution in [1.82, 2.24) is 5.43 Å². The van der Waals surface area contributed by atoms with Gasteiger partial charge in [-0.1, -0.05) is 31.9 Å². The number of hydrogen-bond donors (Lipinski definition) is 2. The van der Waals surface area contributed by atoms with Crippen LogP contribution in [0.15, 0.2) is 22.7 Å². The van der Waals surface area contributed by atoms with E-state index < -0.39 is 0 Å². The van der Waals surface area contributed by atoms with Crippen molar-refractivity contribution in [2.75, 3.05) is 0 Å². The fraction of sp³-hybridized carbons (Fsp3) is 0.455. The number of nitrogens with two attached hydrogens (primary N) is 1. The van der Waals surface area contributed by atoms with Crippen LogP contribution in [0.4, 0.5) is 4.39 Å². The van der Waals surface area contributed by atoms with Crippen LogP contribution < -0.4 is 11.3 Å². The number of nitrogens with one attached hydrogen (secondary N) is 1. The Kier molecular flexibility index (Phi) is 5.22. The Morgan fingerprint density at radius 2 is 2.27 bits per heavy atom. The third-order valence-electron chi connectivity index (χ3n) is 2.40. The molecule has 0 saturated heterocycles. The van der Waals surface area contributed by atoms with Gasteiger partial charge in [0.15, 0.2) is 0 Å². The Bertz CT molecular complexity index is 317. The van der Waals surface area contributed by atoms with Crippen LogP contribution in [0.1, 0.15) is 37.8 Å². The van der Waals surface area contributed by atoms with E-state index in [1.165, 1.54) is 0 Å². The van der Waals surface area contributed by atoms with E-state index in [0.29, 0.717) is 10.0 Å². The van der Waals surface area contributed by atoms with Crippen molar-refractivity contribution in [3.63, 3.8) is 0 Å². The van der Waals surface area contributed by atoms with Gasteiger partial charge in [-0.2, -0.15) is 0 Å². The fourth-order valence-electron chi connectivity index (χ4n) is 1.53. The van der Waals surface area contributed by atoms with Gasteiger partial charge in [0.25, 0.3) is 0 Å². The summed E-state index contributed by atoms with van der Waals surface area (Å²) in [6, 6.07) is 5.16. The maximum absolute atomic E-state index is 13.7. The predicted octanol–water partition coefficient (Wildman–Crippen LogP) is 3.28. The molecule has 2 nitrogen and oxygen atoms in total. The Hall–Kier alpha value is -0.450. The van der Waals surface area contributed by atoms with Crippen molar-refractivity contribution in [1.29, 1.82) is 0 Å². The van der Waals surface area contributed by atoms with Crippen LogP contribution in [0.2, 0.25) is 0 Å². The Morgan fingerprint density at radius 3 is 2.87 bits per heavy atom. The van der Waals surface area contributed by atoms with Gasteiger partial charge in [-0.05, 0) is 28.4 Å². The van der Waals surface area contributed by atoms with Gasteiger partial charge >= 0.3 is 0 Å². The molecule has 3 N–H and O–H groups in total. The number of hydrazine groups is 1. The van der Waals surface area contributed by atoms with Crippen LogP contribution in [-0.4, -0.2) is 0 Å². The molecule has 0 aliphatic carbocycles. The maximum Gasteiger partial charge on any atom is 0.142 e. The van der Waals surface area contributed by atoms with Crippen LogP contribution in [0.5, 0.6) is 0 Å². The lowest BCUT2D eigenvalue weighted by atomic mass is 10.0. The molecule has 0 fully saturated rings. The zero-order valence-electron chi connectivity index (χ0n) is 8.76. The van der Waals surface area contributed by atoms with E-state index in [9.17, 15) is 4.39 Å². The second-order valence-corrected chi connectivity index (χ2v) is 4.36. The minimum Gasteiger partial charge on any atom is -0.271 e. The van der Waals surface area contributed by atoms with E-state index >= 15 is 0 Å². The quantitative estimate of drug-likeness (QED) is 0.639. The summed E-state index contributed by atoms with van der Waals surface area (Å²) in [5.41, 5.74) is 3.29. The number of rotatable bonds is 5. The zero-order valence-corrected chi connectivity index (χ0v) is 10.3. The van der Waals surface area contributed by atoms with E-state index in [-0.39, 0.29) is 11.9 Å². The van der Waals surface area contributed by atoms with Crippen molar-refractivity contribution < 1.29 is 4.39 Å². The van der Waals surface area contributed by atoms with Crippen LogP contribution in [0.3, 0.4) is 0 Å². The molecule has 1 aromatic rings. The molecule has 0 heterocycles. The van der Waals surface area contributed by atoms with Gasteiger partial charge in [0.2, 0.25) is 0 Å². The third-order valence-corrected chi connectivity index (χ3v) is 3.02. The molecule has 1 rings (SSSR count). The lowest BCUT2D eigenvalue weighted by Gasteiger charge is -2.17. The minimum atomic E-state index is -0.225. The predicted molar refractivity (Wildman–Crippen MR) is 63.7 cm³/mol. The van der Waals surface area contributed by atoms with E-state index in [1.54, 1.807) is 12.1 Å². The van der Waals surface area contributed by atoms with Crippen LogP contribution >= 0.6 is 15.9 Å².